The van der Waals surface area contributed by atoms with E-state index < -0.39 is 31.0 Å². The average molecular weight is 445 g/mol. The fourth-order valence-corrected chi connectivity index (χ4v) is 4.68. The number of carbonyl (C=O) groups is 1. The highest BCUT2D eigenvalue weighted by Gasteiger charge is 2.40. The van der Waals surface area contributed by atoms with Gasteiger partial charge in [-0.25, -0.2) is 0 Å². The molecule has 7 atom stereocenters. The lowest BCUT2D eigenvalue weighted by atomic mass is 9.93. The van der Waals surface area contributed by atoms with Crippen LogP contribution in [0.5, 0.6) is 0 Å². The maximum atomic E-state index is 13.1. The first-order valence-electron chi connectivity index (χ1n) is 11.7. The van der Waals surface area contributed by atoms with Crippen molar-refractivity contribution in [2.75, 3.05) is 13.7 Å². The molecule has 0 aromatic carbocycles. The second kappa shape index (κ2) is 11.9. The molecule has 1 amide bonds. The van der Waals surface area contributed by atoms with E-state index in [-0.39, 0.29) is 23.4 Å². The monoisotopic (exact) mass is 444 g/mol. The highest BCUT2D eigenvalue weighted by molar-refractivity contribution is 5.82. The summed E-state index contributed by atoms with van der Waals surface area (Å²) in [6.07, 6.45) is 2.85. The van der Waals surface area contributed by atoms with Crippen molar-refractivity contribution in [3.63, 3.8) is 0 Å². The maximum absolute atomic E-state index is 13.1. The number of hydrogen-bond donors (Lipinski definition) is 6. The van der Waals surface area contributed by atoms with Crippen LogP contribution in [0.25, 0.3) is 0 Å². The second-order valence-electron chi connectivity index (χ2n) is 10.2. The van der Waals surface area contributed by atoms with Crippen LogP contribution in [0.2, 0.25) is 0 Å². The maximum Gasteiger partial charge on any atom is 0.237 e. The topological polar surface area (TPSA) is 126 Å². The number of aliphatic hydroxyl groups is 3. The quantitative estimate of drug-likeness (QED) is 0.337. The Balaban J connectivity index is 2.19. The summed E-state index contributed by atoms with van der Waals surface area (Å²) in [7, 11) is 1.43. The SMILES string of the molecule is COC(O)C1NC(=O)C2CCCN2C(O)C(N[C@H](O)NC(C)(C)C)CCCCCC1C. The third kappa shape index (κ3) is 7.92. The van der Waals surface area contributed by atoms with Gasteiger partial charge in [-0.05, 0) is 52.4 Å². The van der Waals surface area contributed by atoms with Gasteiger partial charge in [0.25, 0.3) is 0 Å². The van der Waals surface area contributed by atoms with Gasteiger partial charge in [0.15, 0.2) is 12.6 Å². The lowest BCUT2D eigenvalue weighted by molar-refractivity contribution is -0.141. The third-order valence-electron chi connectivity index (χ3n) is 6.38. The fraction of sp³-hybridized carbons (Fsp3) is 0.955. The van der Waals surface area contributed by atoms with E-state index in [9.17, 15) is 20.1 Å². The Hall–Kier alpha value is -0.810. The molecule has 0 saturated carbocycles. The van der Waals surface area contributed by atoms with Gasteiger partial charge in [-0.15, -0.1) is 0 Å². The van der Waals surface area contributed by atoms with Gasteiger partial charge in [-0.1, -0.05) is 26.2 Å². The van der Waals surface area contributed by atoms with Crippen molar-refractivity contribution in [1.82, 2.24) is 20.9 Å². The Morgan fingerprint density at radius 1 is 1.13 bits per heavy atom. The molecule has 0 aromatic heterocycles. The number of carbonyl (C=O) groups excluding carboxylic acids is 1. The Kier molecular flexibility index (Phi) is 10.1. The predicted molar refractivity (Wildman–Crippen MR) is 119 cm³/mol. The van der Waals surface area contributed by atoms with Crippen LogP contribution in [-0.4, -0.2) is 82.3 Å². The van der Waals surface area contributed by atoms with Crippen LogP contribution in [0.15, 0.2) is 0 Å². The first-order valence-corrected chi connectivity index (χ1v) is 11.7. The zero-order valence-electron chi connectivity index (χ0n) is 19.8. The zero-order chi connectivity index (χ0) is 23.2. The number of nitrogens with zero attached hydrogens (tertiary/aromatic N) is 1. The van der Waals surface area contributed by atoms with Crippen molar-refractivity contribution in [3.8, 4) is 0 Å². The van der Waals surface area contributed by atoms with E-state index in [0.717, 1.165) is 32.1 Å². The van der Waals surface area contributed by atoms with Crippen molar-refractivity contribution >= 4 is 5.91 Å². The summed E-state index contributed by atoms with van der Waals surface area (Å²) >= 11 is 0. The Labute approximate surface area is 186 Å². The highest BCUT2D eigenvalue weighted by atomic mass is 16.6. The first-order chi connectivity index (χ1) is 14.5. The summed E-state index contributed by atoms with van der Waals surface area (Å²) in [4.78, 5) is 14.9. The van der Waals surface area contributed by atoms with Gasteiger partial charge in [-0.3, -0.25) is 20.3 Å². The molecule has 2 saturated heterocycles. The molecule has 6 unspecified atom stereocenters. The molecule has 9 nitrogen and oxygen atoms in total. The van der Waals surface area contributed by atoms with Gasteiger partial charge in [0.05, 0.1) is 18.1 Å². The van der Waals surface area contributed by atoms with Crippen LogP contribution in [-0.2, 0) is 9.53 Å². The molecule has 31 heavy (non-hydrogen) atoms. The first kappa shape index (κ1) is 26.4. The smallest absolute Gasteiger partial charge is 0.237 e. The van der Waals surface area contributed by atoms with Crippen molar-refractivity contribution in [2.24, 2.45) is 5.92 Å². The highest BCUT2D eigenvalue weighted by Crippen LogP contribution is 2.25. The van der Waals surface area contributed by atoms with Gasteiger partial charge in [-0.2, -0.15) is 0 Å². The minimum Gasteiger partial charge on any atom is -0.377 e. The third-order valence-corrected chi connectivity index (χ3v) is 6.38. The lowest BCUT2D eigenvalue weighted by Crippen LogP contribution is -2.61. The summed E-state index contributed by atoms with van der Waals surface area (Å²) in [5.74, 6) is -0.137. The number of amides is 1. The van der Waals surface area contributed by atoms with Gasteiger partial charge in [0.2, 0.25) is 5.91 Å². The molecular weight excluding hydrogens is 400 g/mol. The predicted octanol–water partition coefficient (Wildman–Crippen LogP) is 0.441. The van der Waals surface area contributed by atoms with E-state index >= 15 is 0 Å². The molecule has 2 rings (SSSR count). The molecule has 182 valence electrons. The molecule has 2 aliphatic rings. The molecule has 0 spiro atoms. The fourth-order valence-electron chi connectivity index (χ4n) is 4.68. The van der Waals surface area contributed by atoms with Crippen molar-refractivity contribution in [2.45, 2.75) is 115 Å². The van der Waals surface area contributed by atoms with Crippen molar-refractivity contribution in [1.29, 1.82) is 0 Å². The number of nitrogens with one attached hydrogen (secondary N) is 3. The Bertz CT molecular complexity index is 559. The van der Waals surface area contributed by atoms with E-state index in [1.807, 2.05) is 32.6 Å². The van der Waals surface area contributed by atoms with Gasteiger partial charge >= 0.3 is 0 Å². The standard InChI is InChI=1S/C22H44N4O5/c1-14-10-7-6-8-11-15(23-21(30)25-22(2,3)4)19(28)26-13-9-12-16(26)18(27)24-17(14)20(29)31-5/h14-17,19-21,23,25,28-30H,6-13H2,1-5H3,(H,24,27)/t14?,15?,16?,17?,19?,20?,21-/m0/s1. The van der Waals surface area contributed by atoms with Crippen molar-refractivity contribution < 1.29 is 24.9 Å². The van der Waals surface area contributed by atoms with Crippen LogP contribution in [0.1, 0.15) is 72.6 Å². The largest absolute Gasteiger partial charge is 0.377 e. The second-order valence-corrected chi connectivity index (χ2v) is 10.2. The summed E-state index contributed by atoms with van der Waals surface area (Å²) < 4.78 is 5.12. The van der Waals surface area contributed by atoms with E-state index in [4.69, 9.17) is 4.74 Å². The van der Waals surface area contributed by atoms with Crippen LogP contribution >= 0.6 is 0 Å². The molecule has 0 bridgehead atoms. The number of aliphatic hydroxyl groups excluding tert-OH is 3. The summed E-state index contributed by atoms with van der Waals surface area (Å²) in [6.45, 7) is 8.52. The van der Waals surface area contributed by atoms with Gasteiger partial charge in [0.1, 0.15) is 6.23 Å². The normalized spacial score (nSPS) is 34.1. The number of fused-ring (bicyclic) bond motifs is 1. The lowest BCUT2D eigenvalue weighted by Gasteiger charge is -2.37. The number of methoxy groups -OCH3 is 1. The molecule has 9 heteroatoms. The van der Waals surface area contributed by atoms with Gasteiger partial charge < -0.3 is 25.4 Å². The van der Waals surface area contributed by atoms with E-state index in [1.54, 1.807) is 0 Å². The average Bonchev–Trinajstić information content (AvgIpc) is 3.17. The van der Waals surface area contributed by atoms with Crippen molar-refractivity contribution in [3.05, 3.63) is 0 Å². The number of ether oxygens (including phenoxy) is 1. The van der Waals surface area contributed by atoms with Crippen LogP contribution in [0, 0.1) is 5.92 Å². The van der Waals surface area contributed by atoms with Crippen LogP contribution < -0.4 is 16.0 Å². The van der Waals surface area contributed by atoms with Crippen LogP contribution in [0.4, 0.5) is 0 Å². The summed E-state index contributed by atoms with van der Waals surface area (Å²) in [6, 6.07) is -1.35. The zero-order valence-corrected chi connectivity index (χ0v) is 19.8. The van der Waals surface area contributed by atoms with Gasteiger partial charge in [0, 0.05) is 19.2 Å². The molecule has 0 aliphatic carbocycles. The molecule has 2 aliphatic heterocycles. The van der Waals surface area contributed by atoms with Crippen LogP contribution in [0.3, 0.4) is 0 Å². The molecule has 2 fully saturated rings. The molecule has 0 aromatic rings. The Morgan fingerprint density at radius 2 is 1.81 bits per heavy atom. The number of rotatable bonds is 5. The van der Waals surface area contributed by atoms with E-state index in [1.165, 1.54) is 7.11 Å². The summed E-state index contributed by atoms with van der Waals surface area (Å²) in [5, 5.41) is 41.2. The minimum atomic E-state index is -1.07. The summed E-state index contributed by atoms with van der Waals surface area (Å²) in [5.41, 5.74) is -0.288. The van der Waals surface area contributed by atoms with E-state index in [0.29, 0.717) is 19.4 Å². The molecule has 2 heterocycles. The molecular formula is C22H44N4O5. The Morgan fingerprint density at radius 3 is 2.45 bits per heavy atom. The molecule has 6 N–H and O–H groups in total. The number of hydrogen-bond acceptors (Lipinski definition) is 8. The molecule has 0 radical (unpaired) electrons. The van der Waals surface area contributed by atoms with E-state index in [2.05, 4.69) is 16.0 Å². The minimum absolute atomic E-state index is 0.0613.